The number of aromatic nitrogens is 1. The Morgan fingerprint density at radius 3 is 2.66 bits per heavy atom. The van der Waals surface area contributed by atoms with E-state index in [9.17, 15) is 19.1 Å². The molecule has 0 aliphatic carbocycles. The first kappa shape index (κ1) is 21.8. The largest absolute Gasteiger partial charge is 0.507 e. The Balaban J connectivity index is 1.94. The molecule has 0 saturated carbocycles. The van der Waals surface area contributed by atoms with Crippen molar-refractivity contribution in [3.63, 3.8) is 0 Å². The number of Topliss-reactive ketones (excluding diaryl/α,β-unsaturated/α-hetero) is 1. The Morgan fingerprint density at radius 1 is 1.19 bits per heavy atom. The van der Waals surface area contributed by atoms with Crippen LogP contribution in [0.1, 0.15) is 34.8 Å². The van der Waals surface area contributed by atoms with E-state index in [1.165, 1.54) is 23.1 Å². The quantitative estimate of drug-likeness (QED) is 0.260. The fourth-order valence-electron chi connectivity index (χ4n) is 4.39. The molecule has 1 aliphatic heterocycles. The monoisotopic (exact) mass is 436 g/mol. The van der Waals surface area contributed by atoms with Crippen molar-refractivity contribution in [1.82, 2.24) is 9.88 Å². The molecule has 0 spiro atoms. The van der Waals surface area contributed by atoms with Gasteiger partial charge in [-0.15, -0.1) is 0 Å². The van der Waals surface area contributed by atoms with E-state index in [1.54, 1.807) is 14.0 Å². The lowest BCUT2D eigenvalue weighted by atomic mass is 9.93. The molecule has 1 aromatic heterocycles. The molecule has 1 amide bonds. The highest BCUT2D eigenvalue weighted by atomic mass is 19.1. The minimum absolute atomic E-state index is 0.00581. The van der Waals surface area contributed by atoms with Gasteiger partial charge >= 0.3 is 0 Å². The Kier molecular flexibility index (Phi) is 5.84. The molecular weight excluding hydrogens is 411 g/mol. The van der Waals surface area contributed by atoms with E-state index in [0.717, 1.165) is 22.2 Å². The molecule has 1 aliphatic rings. The van der Waals surface area contributed by atoms with E-state index in [1.807, 2.05) is 31.2 Å². The number of ether oxygens (including phenoxy) is 1. The smallest absolute Gasteiger partial charge is 0.295 e. The molecule has 0 bridgehead atoms. The van der Waals surface area contributed by atoms with Crippen LogP contribution in [-0.2, 0) is 14.3 Å². The van der Waals surface area contributed by atoms with Gasteiger partial charge in [0.1, 0.15) is 11.6 Å². The van der Waals surface area contributed by atoms with E-state index in [-0.39, 0.29) is 11.3 Å². The molecule has 0 radical (unpaired) electrons. The third-order valence-corrected chi connectivity index (χ3v) is 5.94. The van der Waals surface area contributed by atoms with Gasteiger partial charge in [0.05, 0.1) is 11.6 Å². The SMILES string of the molecule is COCCCN1C(=O)C(=O)/C(=C(/O)c2ccc(F)c(C)c2)C1c1c(C)[nH]c2ccccc12. The number of nitrogens with zero attached hydrogens (tertiary/aromatic N) is 1. The van der Waals surface area contributed by atoms with Crippen molar-refractivity contribution in [2.75, 3.05) is 20.3 Å². The highest BCUT2D eigenvalue weighted by Crippen LogP contribution is 2.43. The van der Waals surface area contributed by atoms with E-state index in [2.05, 4.69) is 4.98 Å². The van der Waals surface area contributed by atoms with Crippen molar-refractivity contribution in [3.8, 4) is 0 Å². The third kappa shape index (κ3) is 3.58. The number of amides is 1. The highest BCUT2D eigenvalue weighted by Gasteiger charge is 2.47. The molecule has 7 heteroatoms. The second-order valence-corrected chi connectivity index (χ2v) is 8.01. The first-order valence-electron chi connectivity index (χ1n) is 10.5. The number of fused-ring (bicyclic) bond motifs is 1. The van der Waals surface area contributed by atoms with E-state index in [4.69, 9.17) is 4.74 Å². The number of ketones is 1. The number of aryl methyl sites for hydroxylation is 2. The summed E-state index contributed by atoms with van der Waals surface area (Å²) in [6, 6.07) is 11.0. The summed E-state index contributed by atoms with van der Waals surface area (Å²) in [4.78, 5) is 31.0. The molecule has 3 aromatic rings. The van der Waals surface area contributed by atoms with Crippen molar-refractivity contribution < 1.29 is 23.8 Å². The summed E-state index contributed by atoms with van der Waals surface area (Å²) in [5.74, 6) is -2.14. The van der Waals surface area contributed by atoms with Crippen LogP contribution in [-0.4, -0.2) is 46.9 Å². The molecule has 6 nitrogen and oxygen atoms in total. The maximum atomic E-state index is 13.8. The van der Waals surface area contributed by atoms with Crippen LogP contribution >= 0.6 is 0 Å². The molecule has 32 heavy (non-hydrogen) atoms. The minimum atomic E-state index is -0.770. The lowest BCUT2D eigenvalue weighted by Crippen LogP contribution is -2.31. The van der Waals surface area contributed by atoms with Crippen LogP contribution in [0.25, 0.3) is 16.7 Å². The van der Waals surface area contributed by atoms with Gasteiger partial charge in [-0.2, -0.15) is 0 Å². The highest BCUT2D eigenvalue weighted by molar-refractivity contribution is 6.46. The maximum Gasteiger partial charge on any atom is 0.295 e. The van der Waals surface area contributed by atoms with Gasteiger partial charge in [-0.05, 0) is 50.1 Å². The molecule has 1 saturated heterocycles. The third-order valence-electron chi connectivity index (χ3n) is 5.94. The number of likely N-dealkylation sites (tertiary alicyclic amines) is 1. The number of nitrogens with one attached hydrogen (secondary N) is 1. The molecule has 166 valence electrons. The van der Waals surface area contributed by atoms with Gasteiger partial charge in [0.15, 0.2) is 0 Å². The van der Waals surface area contributed by atoms with Crippen molar-refractivity contribution in [2.24, 2.45) is 0 Å². The summed E-state index contributed by atoms with van der Waals surface area (Å²) in [5, 5.41) is 12.0. The number of rotatable bonds is 6. The summed E-state index contributed by atoms with van der Waals surface area (Å²) in [6.07, 6.45) is 0.539. The Bertz CT molecular complexity index is 1240. The number of carbonyl (C=O) groups is 2. The van der Waals surface area contributed by atoms with Gasteiger partial charge in [-0.25, -0.2) is 4.39 Å². The average Bonchev–Trinajstić information content (AvgIpc) is 3.23. The number of methoxy groups -OCH3 is 1. The summed E-state index contributed by atoms with van der Waals surface area (Å²) in [7, 11) is 1.58. The number of halogens is 1. The molecule has 4 rings (SSSR count). The molecular formula is C25H25FN2O4. The fourth-order valence-corrected chi connectivity index (χ4v) is 4.39. The van der Waals surface area contributed by atoms with Crippen LogP contribution in [0.3, 0.4) is 0 Å². The second-order valence-electron chi connectivity index (χ2n) is 8.01. The van der Waals surface area contributed by atoms with E-state index < -0.39 is 23.5 Å². The molecule has 2 aromatic carbocycles. The normalized spacial score (nSPS) is 18.1. The predicted molar refractivity (Wildman–Crippen MR) is 120 cm³/mol. The first-order valence-corrected chi connectivity index (χ1v) is 10.5. The van der Waals surface area contributed by atoms with Gasteiger partial charge in [-0.1, -0.05) is 18.2 Å². The van der Waals surface area contributed by atoms with Crippen molar-refractivity contribution in [3.05, 3.63) is 76.2 Å². The van der Waals surface area contributed by atoms with Crippen molar-refractivity contribution in [2.45, 2.75) is 26.3 Å². The summed E-state index contributed by atoms with van der Waals surface area (Å²) >= 11 is 0. The summed E-state index contributed by atoms with van der Waals surface area (Å²) in [6.45, 7) is 4.18. The van der Waals surface area contributed by atoms with E-state index in [0.29, 0.717) is 30.7 Å². The number of hydrogen-bond acceptors (Lipinski definition) is 4. The van der Waals surface area contributed by atoms with E-state index >= 15 is 0 Å². The van der Waals surface area contributed by atoms with Gasteiger partial charge in [0.2, 0.25) is 0 Å². The Labute approximate surface area is 185 Å². The number of hydrogen-bond donors (Lipinski definition) is 2. The average molecular weight is 436 g/mol. The number of benzene rings is 2. The molecule has 1 unspecified atom stereocenters. The van der Waals surface area contributed by atoms with Crippen LogP contribution < -0.4 is 0 Å². The second kappa shape index (κ2) is 8.59. The minimum Gasteiger partial charge on any atom is -0.507 e. The van der Waals surface area contributed by atoms with Crippen LogP contribution in [0, 0.1) is 19.7 Å². The lowest BCUT2D eigenvalue weighted by Gasteiger charge is -2.25. The summed E-state index contributed by atoms with van der Waals surface area (Å²) < 4.78 is 18.9. The van der Waals surface area contributed by atoms with Crippen LogP contribution in [0.4, 0.5) is 4.39 Å². The zero-order valence-corrected chi connectivity index (χ0v) is 18.2. The zero-order valence-electron chi connectivity index (χ0n) is 18.2. The Morgan fingerprint density at radius 2 is 1.94 bits per heavy atom. The number of carbonyl (C=O) groups excluding carboxylic acids is 2. The van der Waals surface area contributed by atoms with Crippen LogP contribution in [0.5, 0.6) is 0 Å². The number of aromatic amines is 1. The van der Waals surface area contributed by atoms with Gasteiger partial charge < -0.3 is 19.7 Å². The topological polar surface area (TPSA) is 82.6 Å². The standard InChI is InChI=1S/C25H25FN2O4/c1-14-13-16(9-10-18(14)26)23(29)21-22(28(11-6-12-32-3)25(31)24(21)30)20-15(2)27-19-8-5-4-7-17(19)20/h4-5,7-10,13,22,27,29H,6,11-12H2,1-3H3/b23-21+. The van der Waals surface area contributed by atoms with Crippen LogP contribution in [0.2, 0.25) is 0 Å². The van der Waals surface area contributed by atoms with Crippen molar-refractivity contribution in [1.29, 1.82) is 0 Å². The molecule has 1 atom stereocenters. The number of aliphatic hydroxyl groups is 1. The molecule has 1 fully saturated rings. The fraction of sp³-hybridized carbons (Fsp3) is 0.280. The Hall–Kier alpha value is -3.45. The lowest BCUT2D eigenvalue weighted by molar-refractivity contribution is -0.140. The number of aliphatic hydroxyl groups excluding tert-OH is 1. The first-order chi connectivity index (χ1) is 15.3. The number of para-hydroxylation sites is 1. The van der Waals surface area contributed by atoms with Gasteiger partial charge in [0.25, 0.3) is 11.7 Å². The number of H-pyrrole nitrogens is 1. The molecule has 2 N–H and O–H groups in total. The van der Waals surface area contributed by atoms with Crippen LogP contribution in [0.15, 0.2) is 48.0 Å². The summed E-state index contributed by atoms with van der Waals surface area (Å²) in [5.41, 5.74) is 3.07. The molecule has 2 heterocycles. The van der Waals surface area contributed by atoms with Gasteiger partial charge in [-0.3, -0.25) is 9.59 Å². The van der Waals surface area contributed by atoms with Crippen molar-refractivity contribution >= 4 is 28.4 Å². The maximum absolute atomic E-state index is 13.8. The zero-order chi connectivity index (χ0) is 23.0. The predicted octanol–water partition coefficient (Wildman–Crippen LogP) is 4.38. The van der Waals surface area contributed by atoms with Gasteiger partial charge in [0, 0.05) is 48.0 Å².